The SMILES string of the molecule is O=C(O)CCCCc1cc2c(cn1)[nH]c1ccccc12. The fourth-order valence-electron chi connectivity index (χ4n) is 2.51. The Morgan fingerprint density at radius 3 is 2.85 bits per heavy atom. The predicted molar refractivity (Wildman–Crippen MR) is 78.8 cm³/mol. The summed E-state index contributed by atoms with van der Waals surface area (Å²) in [6, 6.07) is 10.3. The second kappa shape index (κ2) is 5.33. The third kappa shape index (κ3) is 2.50. The molecule has 0 spiro atoms. The smallest absolute Gasteiger partial charge is 0.303 e. The number of aromatic amines is 1. The Labute approximate surface area is 116 Å². The summed E-state index contributed by atoms with van der Waals surface area (Å²) in [5.74, 6) is -0.731. The molecule has 1 aromatic carbocycles. The molecule has 0 aliphatic heterocycles. The first kappa shape index (κ1) is 12.7. The van der Waals surface area contributed by atoms with Crippen LogP contribution in [0.1, 0.15) is 25.0 Å². The summed E-state index contributed by atoms with van der Waals surface area (Å²) in [4.78, 5) is 18.3. The van der Waals surface area contributed by atoms with Crippen LogP contribution in [0, 0.1) is 0 Å². The molecule has 0 aliphatic rings. The molecule has 0 aliphatic carbocycles. The zero-order chi connectivity index (χ0) is 13.9. The van der Waals surface area contributed by atoms with Crippen molar-refractivity contribution in [2.75, 3.05) is 0 Å². The number of aromatic nitrogens is 2. The van der Waals surface area contributed by atoms with Crippen molar-refractivity contribution in [2.24, 2.45) is 0 Å². The summed E-state index contributed by atoms with van der Waals surface area (Å²) in [6.45, 7) is 0. The normalized spacial score (nSPS) is 11.2. The van der Waals surface area contributed by atoms with E-state index in [0.717, 1.165) is 29.6 Å². The van der Waals surface area contributed by atoms with Crippen molar-refractivity contribution < 1.29 is 9.90 Å². The number of carboxylic acids is 1. The number of hydrogen-bond acceptors (Lipinski definition) is 2. The number of H-pyrrole nitrogens is 1. The zero-order valence-corrected chi connectivity index (χ0v) is 11.1. The number of nitrogens with zero attached hydrogens (tertiary/aromatic N) is 1. The van der Waals surface area contributed by atoms with Crippen LogP contribution in [0.15, 0.2) is 36.5 Å². The number of hydrogen-bond donors (Lipinski definition) is 2. The molecule has 102 valence electrons. The van der Waals surface area contributed by atoms with Gasteiger partial charge in [-0.15, -0.1) is 0 Å². The fraction of sp³-hybridized carbons (Fsp3) is 0.250. The first-order valence-electron chi connectivity index (χ1n) is 6.81. The highest BCUT2D eigenvalue weighted by Gasteiger charge is 2.05. The molecule has 3 aromatic rings. The molecule has 0 unspecified atom stereocenters. The number of carboxylic acid groups (broad SMARTS) is 1. The Bertz CT molecular complexity index is 761. The highest BCUT2D eigenvalue weighted by molar-refractivity contribution is 6.06. The van der Waals surface area contributed by atoms with E-state index < -0.39 is 5.97 Å². The minimum Gasteiger partial charge on any atom is -0.481 e. The molecule has 2 aromatic heterocycles. The Balaban J connectivity index is 1.82. The summed E-state index contributed by atoms with van der Waals surface area (Å²) < 4.78 is 0. The quantitative estimate of drug-likeness (QED) is 0.696. The van der Waals surface area contributed by atoms with Crippen LogP contribution in [-0.4, -0.2) is 21.0 Å². The molecule has 20 heavy (non-hydrogen) atoms. The van der Waals surface area contributed by atoms with Crippen molar-refractivity contribution in [1.29, 1.82) is 0 Å². The molecule has 0 amide bonds. The lowest BCUT2D eigenvalue weighted by Gasteiger charge is -2.00. The summed E-state index contributed by atoms with van der Waals surface area (Å²) in [6.07, 6.45) is 4.47. The van der Waals surface area contributed by atoms with Gasteiger partial charge in [0, 0.05) is 28.4 Å². The number of para-hydroxylation sites is 1. The lowest BCUT2D eigenvalue weighted by molar-refractivity contribution is -0.137. The van der Waals surface area contributed by atoms with E-state index in [1.165, 1.54) is 10.8 Å². The number of benzene rings is 1. The summed E-state index contributed by atoms with van der Waals surface area (Å²) in [5, 5.41) is 11.0. The molecule has 0 atom stereocenters. The van der Waals surface area contributed by atoms with Gasteiger partial charge in [0.1, 0.15) is 0 Å². The van der Waals surface area contributed by atoms with Gasteiger partial charge < -0.3 is 10.1 Å². The molecule has 4 nitrogen and oxygen atoms in total. The average Bonchev–Trinajstić information content (AvgIpc) is 2.81. The minimum atomic E-state index is -0.731. The van der Waals surface area contributed by atoms with Crippen LogP contribution in [0.2, 0.25) is 0 Å². The van der Waals surface area contributed by atoms with Gasteiger partial charge in [-0.25, -0.2) is 0 Å². The van der Waals surface area contributed by atoms with Crippen LogP contribution in [0.5, 0.6) is 0 Å². The highest BCUT2D eigenvalue weighted by Crippen LogP contribution is 2.25. The lowest BCUT2D eigenvalue weighted by Crippen LogP contribution is -1.96. The maximum absolute atomic E-state index is 10.5. The Kier molecular flexibility index (Phi) is 3.37. The van der Waals surface area contributed by atoms with E-state index in [1.807, 2.05) is 18.3 Å². The van der Waals surface area contributed by atoms with Crippen molar-refractivity contribution in [1.82, 2.24) is 9.97 Å². The number of unbranched alkanes of at least 4 members (excludes halogenated alkanes) is 1. The van der Waals surface area contributed by atoms with E-state index in [2.05, 4.69) is 28.2 Å². The Morgan fingerprint density at radius 1 is 1.15 bits per heavy atom. The third-order valence-corrected chi connectivity index (χ3v) is 3.52. The van der Waals surface area contributed by atoms with Crippen molar-refractivity contribution in [3.8, 4) is 0 Å². The topological polar surface area (TPSA) is 66.0 Å². The fourth-order valence-corrected chi connectivity index (χ4v) is 2.51. The number of nitrogens with one attached hydrogen (secondary N) is 1. The summed E-state index contributed by atoms with van der Waals surface area (Å²) >= 11 is 0. The Morgan fingerprint density at radius 2 is 2.00 bits per heavy atom. The second-order valence-corrected chi connectivity index (χ2v) is 4.99. The van der Waals surface area contributed by atoms with Crippen molar-refractivity contribution >= 4 is 27.8 Å². The van der Waals surface area contributed by atoms with Gasteiger partial charge in [-0.2, -0.15) is 0 Å². The third-order valence-electron chi connectivity index (χ3n) is 3.52. The summed E-state index contributed by atoms with van der Waals surface area (Å²) in [5.41, 5.74) is 3.18. The van der Waals surface area contributed by atoms with Gasteiger partial charge in [0.15, 0.2) is 0 Å². The van der Waals surface area contributed by atoms with Crippen LogP contribution >= 0.6 is 0 Å². The van der Waals surface area contributed by atoms with E-state index in [-0.39, 0.29) is 6.42 Å². The molecular formula is C16H16N2O2. The molecule has 0 bridgehead atoms. The van der Waals surface area contributed by atoms with Gasteiger partial charge in [0.2, 0.25) is 0 Å². The van der Waals surface area contributed by atoms with Crippen LogP contribution in [0.25, 0.3) is 21.8 Å². The van der Waals surface area contributed by atoms with Gasteiger partial charge >= 0.3 is 5.97 Å². The van der Waals surface area contributed by atoms with Crippen molar-refractivity contribution in [3.63, 3.8) is 0 Å². The molecule has 0 fully saturated rings. The van der Waals surface area contributed by atoms with Gasteiger partial charge in [0.05, 0.1) is 11.7 Å². The monoisotopic (exact) mass is 268 g/mol. The number of aliphatic carboxylic acids is 1. The number of pyridine rings is 1. The van der Waals surface area contributed by atoms with Gasteiger partial charge in [-0.3, -0.25) is 9.78 Å². The van der Waals surface area contributed by atoms with E-state index in [9.17, 15) is 4.79 Å². The van der Waals surface area contributed by atoms with Crippen LogP contribution < -0.4 is 0 Å². The molecule has 0 saturated heterocycles. The zero-order valence-electron chi connectivity index (χ0n) is 11.1. The number of carbonyl (C=O) groups is 1. The second-order valence-electron chi connectivity index (χ2n) is 4.99. The molecular weight excluding hydrogens is 252 g/mol. The average molecular weight is 268 g/mol. The number of fused-ring (bicyclic) bond motifs is 3. The lowest BCUT2D eigenvalue weighted by atomic mass is 10.1. The van der Waals surface area contributed by atoms with Gasteiger partial charge in [-0.1, -0.05) is 18.2 Å². The standard InChI is InChI=1S/C16H16N2O2/c19-16(20)8-4-1-5-11-9-13-12-6-2-3-7-14(12)18-15(13)10-17-11/h2-3,6-7,9-10,18H,1,4-5,8H2,(H,19,20). The maximum Gasteiger partial charge on any atom is 0.303 e. The number of aryl methyl sites for hydroxylation is 1. The first-order chi connectivity index (χ1) is 9.74. The first-order valence-corrected chi connectivity index (χ1v) is 6.81. The Hall–Kier alpha value is -2.36. The van der Waals surface area contributed by atoms with Crippen LogP contribution in [-0.2, 0) is 11.2 Å². The highest BCUT2D eigenvalue weighted by atomic mass is 16.4. The molecule has 0 saturated carbocycles. The molecule has 3 rings (SSSR count). The van der Waals surface area contributed by atoms with E-state index in [1.54, 1.807) is 0 Å². The molecule has 2 heterocycles. The van der Waals surface area contributed by atoms with Crippen LogP contribution in [0.3, 0.4) is 0 Å². The maximum atomic E-state index is 10.5. The van der Waals surface area contributed by atoms with E-state index >= 15 is 0 Å². The van der Waals surface area contributed by atoms with Gasteiger partial charge in [-0.05, 0) is 31.4 Å². The van der Waals surface area contributed by atoms with E-state index in [0.29, 0.717) is 6.42 Å². The van der Waals surface area contributed by atoms with E-state index in [4.69, 9.17) is 5.11 Å². The largest absolute Gasteiger partial charge is 0.481 e. The molecule has 4 heteroatoms. The van der Waals surface area contributed by atoms with Crippen molar-refractivity contribution in [3.05, 3.63) is 42.2 Å². The number of rotatable bonds is 5. The molecule has 2 N–H and O–H groups in total. The summed E-state index contributed by atoms with van der Waals surface area (Å²) in [7, 11) is 0. The van der Waals surface area contributed by atoms with Crippen LogP contribution in [0.4, 0.5) is 0 Å². The van der Waals surface area contributed by atoms with Gasteiger partial charge in [0.25, 0.3) is 0 Å². The minimum absolute atomic E-state index is 0.231. The molecule has 0 radical (unpaired) electrons. The van der Waals surface area contributed by atoms with Crippen molar-refractivity contribution in [2.45, 2.75) is 25.7 Å². The predicted octanol–water partition coefficient (Wildman–Crippen LogP) is 3.51.